The Morgan fingerprint density at radius 3 is 2.50 bits per heavy atom. The van der Waals surface area contributed by atoms with E-state index in [2.05, 4.69) is 28.8 Å². The summed E-state index contributed by atoms with van der Waals surface area (Å²) in [5.74, 6) is 0. The van der Waals surface area contributed by atoms with E-state index in [0.717, 1.165) is 33.0 Å². The second-order valence-electron chi connectivity index (χ2n) is 4.50. The van der Waals surface area contributed by atoms with Gasteiger partial charge in [0.1, 0.15) is 0 Å². The smallest absolute Gasteiger partial charge is 0.0594 e. The van der Waals surface area contributed by atoms with Crippen LogP contribution in [0.15, 0.2) is 0 Å². The van der Waals surface area contributed by atoms with Crippen LogP contribution in [0.2, 0.25) is 0 Å². The van der Waals surface area contributed by atoms with E-state index in [9.17, 15) is 0 Å². The molecule has 0 aromatic carbocycles. The van der Waals surface area contributed by atoms with Crippen LogP contribution in [0.1, 0.15) is 0 Å². The van der Waals surface area contributed by atoms with Crippen molar-refractivity contribution in [3.63, 3.8) is 0 Å². The summed E-state index contributed by atoms with van der Waals surface area (Å²) in [6, 6.07) is 0.707. The summed E-state index contributed by atoms with van der Waals surface area (Å²) in [5, 5.41) is 0. The molecule has 2 aliphatic rings. The lowest BCUT2D eigenvalue weighted by Gasteiger charge is -2.30. The van der Waals surface area contributed by atoms with Gasteiger partial charge in [-0.2, -0.15) is 0 Å². The number of likely N-dealkylation sites (N-methyl/N-ethyl adjacent to an activating group) is 2. The van der Waals surface area contributed by atoms with Gasteiger partial charge in [-0.25, -0.2) is 0 Å². The molecule has 0 N–H and O–H groups in total. The molecule has 4 nitrogen and oxygen atoms in total. The summed E-state index contributed by atoms with van der Waals surface area (Å²) in [4.78, 5) is 7.34. The van der Waals surface area contributed by atoms with Crippen molar-refractivity contribution >= 4 is 0 Å². The summed E-state index contributed by atoms with van der Waals surface area (Å²) < 4.78 is 5.35. The minimum atomic E-state index is 0.707. The maximum absolute atomic E-state index is 5.35. The highest BCUT2D eigenvalue weighted by molar-refractivity contribution is 4.82. The molecule has 2 heterocycles. The van der Waals surface area contributed by atoms with E-state index < -0.39 is 0 Å². The Morgan fingerprint density at radius 1 is 1.21 bits per heavy atom. The molecule has 2 saturated heterocycles. The maximum Gasteiger partial charge on any atom is 0.0594 e. The third kappa shape index (κ3) is 2.45. The summed E-state index contributed by atoms with van der Waals surface area (Å²) in [6.07, 6.45) is 0. The maximum atomic E-state index is 5.35. The molecule has 2 fully saturated rings. The van der Waals surface area contributed by atoms with Gasteiger partial charge in [0.15, 0.2) is 0 Å². The van der Waals surface area contributed by atoms with E-state index in [4.69, 9.17) is 4.74 Å². The van der Waals surface area contributed by atoms with Crippen LogP contribution in [-0.2, 0) is 4.74 Å². The first-order valence-corrected chi connectivity index (χ1v) is 5.44. The van der Waals surface area contributed by atoms with E-state index in [1.54, 1.807) is 0 Å². The lowest BCUT2D eigenvalue weighted by molar-refractivity contribution is 0.0294. The van der Waals surface area contributed by atoms with Crippen molar-refractivity contribution in [3.8, 4) is 0 Å². The van der Waals surface area contributed by atoms with E-state index in [1.165, 1.54) is 13.1 Å². The highest BCUT2D eigenvalue weighted by Crippen LogP contribution is 2.11. The largest absolute Gasteiger partial charge is 0.379 e. The number of rotatable bonds is 2. The Balaban J connectivity index is 1.78. The van der Waals surface area contributed by atoms with Gasteiger partial charge in [-0.15, -0.1) is 0 Å². The van der Waals surface area contributed by atoms with Gasteiger partial charge in [-0.05, 0) is 14.1 Å². The van der Waals surface area contributed by atoms with Crippen LogP contribution in [0.3, 0.4) is 0 Å². The van der Waals surface area contributed by atoms with E-state index in [0.29, 0.717) is 6.04 Å². The second-order valence-corrected chi connectivity index (χ2v) is 4.50. The predicted molar refractivity (Wildman–Crippen MR) is 56.3 cm³/mol. The summed E-state index contributed by atoms with van der Waals surface area (Å²) >= 11 is 0. The van der Waals surface area contributed by atoms with Crippen molar-refractivity contribution in [3.05, 3.63) is 0 Å². The zero-order valence-electron chi connectivity index (χ0n) is 9.28. The number of nitrogens with zero attached hydrogens (tertiary/aromatic N) is 3. The zero-order valence-corrected chi connectivity index (χ0v) is 9.28. The predicted octanol–water partition coefficient (Wildman–Crippen LogP) is -0.478. The van der Waals surface area contributed by atoms with Crippen LogP contribution < -0.4 is 0 Å². The average molecular weight is 199 g/mol. The normalized spacial score (nSPS) is 32.6. The van der Waals surface area contributed by atoms with Crippen LogP contribution in [0.4, 0.5) is 0 Å². The number of morpholine rings is 1. The second kappa shape index (κ2) is 4.57. The Bertz CT molecular complexity index is 182. The third-order valence-electron chi connectivity index (χ3n) is 3.18. The fourth-order valence-electron chi connectivity index (χ4n) is 2.33. The molecule has 0 amide bonds. The number of hydrogen-bond donors (Lipinski definition) is 0. The van der Waals surface area contributed by atoms with E-state index >= 15 is 0 Å². The molecule has 0 bridgehead atoms. The highest BCUT2D eigenvalue weighted by Gasteiger charge is 2.27. The molecule has 2 rings (SSSR count). The minimum Gasteiger partial charge on any atom is -0.379 e. The lowest BCUT2D eigenvalue weighted by atomic mass is 10.2. The third-order valence-corrected chi connectivity index (χ3v) is 3.18. The first kappa shape index (κ1) is 10.4. The Labute approximate surface area is 86.4 Å². The van der Waals surface area contributed by atoms with Crippen molar-refractivity contribution in [1.29, 1.82) is 0 Å². The topological polar surface area (TPSA) is 19.0 Å². The van der Waals surface area contributed by atoms with Crippen LogP contribution >= 0.6 is 0 Å². The molecule has 4 heteroatoms. The van der Waals surface area contributed by atoms with Gasteiger partial charge in [-0.3, -0.25) is 14.7 Å². The van der Waals surface area contributed by atoms with Crippen molar-refractivity contribution in [2.24, 2.45) is 0 Å². The van der Waals surface area contributed by atoms with E-state index in [1.807, 2.05) is 0 Å². The van der Waals surface area contributed by atoms with Gasteiger partial charge in [0.25, 0.3) is 0 Å². The minimum absolute atomic E-state index is 0.707. The molecule has 82 valence electrons. The van der Waals surface area contributed by atoms with Crippen molar-refractivity contribution in [2.45, 2.75) is 6.04 Å². The molecular formula is C10H21N3O. The van der Waals surface area contributed by atoms with Crippen LogP contribution in [0, 0.1) is 0 Å². The molecule has 1 atom stereocenters. The molecule has 2 aliphatic heterocycles. The molecule has 1 unspecified atom stereocenters. The van der Waals surface area contributed by atoms with Gasteiger partial charge in [0.2, 0.25) is 0 Å². The summed E-state index contributed by atoms with van der Waals surface area (Å²) in [7, 11) is 4.41. The quantitative estimate of drug-likeness (QED) is 0.598. The number of ether oxygens (including phenoxy) is 1. The molecule has 0 aromatic rings. The lowest BCUT2D eigenvalue weighted by Crippen LogP contribution is -2.45. The van der Waals surface area contributed by atoms with Crippen LogP contribution in [0.5, 0.6) is 0 Å². The zero-order chi connectivity index (χ0) is 9.97. The fourth-order valence-corrected chi connectivity index (χ4v) is 2.33. The van der Waals surface area contributed by atoms with Crippen molar-refractivity contribution in [2.75, 3.05) is 60.2 Å². The van der Waals surface area contributed by atoms with Crippen molar-refractivity contribution < 1.29 is 4.74 Å². The highest BCUT2D eigenvalue weighted by atomic mass is 16.5. The molecule has 0 saturated carbocycles. The van der Waals surface area contributed by atoms with E-state index in [-0.39, 0.29) is 0 Å². The molecule has 0 spiro atoms. The fraction of sp³-hybridized carbons (Fsp3) is 1.00. The summed E-state index contributed by atoms with van der Waals surface area (Å²) in [6.45, 7) is 7.54. The molecular weight excluding hydrogens is 178 g/mol. The first-order chi connectivity index (χ1) is 6.75. The van der Waals surface area contributed by atoms with Crippen LogP contribution in [0.25, 0.3) is 0 Å². The average Bonchev–Trinajstić information content (AvgIpc) is 2.47. The Kier molecular flexibility index (Phi) is 3.38. The molecule has 0 aliphatic carbocycles. The van der Waals surface area contributed by atoms with Gasteiger partial charge in [0.05, 0.1) is 19.9 Å². The van der Waals surface area contributed by atoms with Gasteiger partial charge < -0.3 is 4.74 Å². The standard InChI is InChI=1S/C10H21N3O/c1-11-7-10(12(2)9-11)8-13-3-5-14-6-4-13/h10H,3-9H2,1-2H3. The SMILES string of the molecule is CN1CC(CN2CCOCC2)N(C)C1. The Morgan fingerprint density at radius 2 is 1.93 bits per heavy atom. The molecule has 14 heavy (non-hydrogen) atoms. The Hall–Kier alpha value is -0.160. The van der Waals surface area contributed by atoms with Gasteiger partial charge >= 0.3 is 0 Å². The van der Waals surface area contributed by atoms with Crippen LogP contribution in [-0.4, -0.2) is 80.9 Å². The monoisotopic (exact) mass is 199 g/mol. The van der Waals surface area contributed by atoms with Crippen molar-refractivity contribution in [1.82, 2.24) is 14.7 Å². The first-order valence-electron chi connectivity index (χ1n) is 5.44. The molecule has 0 aromatic heterocycles. The summed E-state index contributed by atoms with van der Waals surface area (Å²) in [5.41, 5.74) is 0. The van der Waals surface area contributed by atoms with Gasteiger partial charge in [0, 0.05) is 32.2 Å². The number of hydrogen-bond acceptors (Lipinski definition) is 4. The van der Waals surface area contributed by atoms with Gasteiger partial charge in [-0.1, -0.05) is 0 Å². The molecule has 0 radical (unpaired) electrons.